The van der Waals surface area contributed by atoms with Crippen LogP contribution in [0.1, 0.15) is 17.0 Å². The second kappa shape index (κ2) is 6.72. The number of hydrogen-bond acceptors (Lipinski definition) is 4. The lowest BCUT2D eigenvalue weighted by atomic mass is 9.99. The Morgan fingerprint density at radius 2 is 1.72 bits per heavy atom. The minimum atomic E-state index is -3.55. The summed E-state index contributed by atoms with van der Waals surface area (Å²) in [7, 11) is -1.97. The van der Waals surface area contributed by atoms with Gasteiger partial charge in [0.2, 0.25) is 0 Å². The monoisotopic (exact) mass is 379 g/mol. The number of benzene rings is 2. The molecule has 0 heterocycles. The van der Waals surface area contributed by atoms with E-state index in [1.165, 1.54) is 0 Å². The van der Waals surface area contributed by atoms with Gasteiger partial charge in [-0.3, -0.25) is 0 Å². The second-order valence-corrected chi connectivity index (χ2v) is 9.18. The van der Waals surface area contributed by atoms with E-state index in [9.17, 15) is 8.42 Å². The van der Waals surface area contributed by atoms with Crippen LogP contribution in [0.25, 0.3) is 0 Å². The molecule has 6 heteroatoms. The third-order valence-electron chi connectivity index (χ3n) is 5.09. The molecule has 4 nitrogen and oxygen atoms in total. The summed E-state index contributed by atoms with van der Waals surface area (Å²) in [5.41, 5.74) is 7.54. The molecule has 0 aromatic heterocycles. The van der Waals surface area contributed by atoms with Crippen LogP contribution in [0.4, 0.5) is 0 Å². The van der Waals surface area contributed by atoms with E-state index in [4.69, 9.17) is 22.1 Å². The van der Waals surface area contributed by atoms with Crippen molar-refractivity contribution in [3.05, 3.63) is 64.7 Å². The Morgan fingerprint density at radius 1 is 1.12 bits per heavy atom. The highest BCUT2D eigenvalue weighted by Gasteiger charge is 2.70. The van der Waals surface area contributed by atoms with Gasteiger partial charge in [0.25, 0.3) is 0 Å². The normalized spacial score (nSPS) is 25.8. The predicted octanol–water partition coefficient (Wildman–Crippen LogP) is 3.18. The van der Waals surface area contributed by atoms with E-state index >= 15 is 0 Å². The molecular weight excluding hydrogens is 358 g/mol. The first-order chi connectivity index (χ1) is 11.9. The molecule has 0 amide bonds. The molecule has 2 N–H and O–H groups in total. The topological polar surface area (TPSA) is 69.4 Å². The summed E-state index contributed by atoms with van der Waals surface area (Å²) in [6, 6.07) is 14.2. The average molecular weight is 380 g/mol. The van der Waals surface area contributed by atoms with E-state index in [-0.39, 0.29) is 17.4 Å². The fourth-order valence-corrected chi connectivity index (χ4v) is 6.31. The van der Waals surface area contributed by atoms with Crippen LogP contribution in [0.2, 0.25) is 5.02 Å². The molecule has 1 fully saturated rings. The maximum atomic E-state index is 13.3. The molecular formula is C19H22ClNO3S. The number of rotatable bonds is 6. The molecule has 0 bridgehead atoms. The molecule has 25 heavy (non-hydrogen) atoms. The first-order valence-electron chi connectivity index (χ1n) is 8.12. The fraction of sp³-hybridized carbons (Fsp3) is 0.368. The molecule has 0 aliphatic heterocycles. The molecule has 0 saturated heterocycles. The molecule has 0 spiro atoms. The van der Waals surface area contributed by atoms with Crippen LogP contribution in [-0.2, 0) is 14.6 Å². The van der Waals surface area contributed by atoms with Crippen LogP contribution in [0.3, 0.4) is 0 Å². The fourth-order valence-electron chi connectivity index (χ4n) is 3.74. The van der Waals surface area contributed by atoms with Gasteiger partial charge in [-0.25, -0.2) is 8.42 Å². The van der Waals surface area contributed by atoms with Crippen LogP contribution in [0, 0.1) is 12.3 Å². The summed E-state index contributed by atoms with van der Waals surface area (Å²) in [6.07, 6.45) is 0. The van der Waals surface area contributed by atoms with E-state index in [0.717, 1.165) is 11.1 Å². The number of methoxy groups -OCH3 is 1. The first-order valence-corrected chi connectivity index (χ1v) is 10.0. The van der Waals surface area contributed by atoms with E-state index < -0.39 is 20.5 Å². The van der Waals surface area contributed by atoms with Gasteiger partial charge in [0.15, 0.2) is 9.84 Å². The van der Waals surface area contributed by atoms with E-state index in [2.05, 4.69) is 0 Å². The van der Waals surface area contributed by atoms with Crippen molar-refractivity contribution in [1.82, 2.24) is 0 Å². The molecule has 1 aliphatic carbocycles. The molecule has 3 atom stereocenters. The van der Waals surface area contributed by atoms with Crippen molar-refractivity contribution in [1.29, 1.82) is 0 Å². The average Bonchev–Trinajstić information content (AvgIpc) is 3.26. The highest BCUT2D eigenvalue weighted by Crippen LogP contribution is 2.63. The highest BCUT2D eigenvalue weighted by atomic mass is 35.5. The Kier molecular flexibility index (Phi) is 4.95. The third-order valence-corrected chi connectivity index (χ3v) is 7.68. The highest BCUT2D eigenvalue weighted by molar-refractivity contribution is 7.92. The second-order valence-electron chi connectivity index (χ2n) is 6.68. The van der Waals surface area contributed by atoms with Gasteiger partial charge in [-0.15, -0.1) is 0 Å². The van der Waals surface area contributed by atoms with E-state index in [0.29, 0.717) is 11.6 Å². The van der Waals surface area contributed by atoms with Crippen LogP contribution in [0.5, 0.6) is 0 Å². The first kappa shape index (κ1) is 18.4. The Hall–Kier alpha value is -1.40. The van der Waals surface area contributed by atoms with Gasteiger partial charge in [0.1, 0.15) is 0 Å². The lowest BCUT2D eigenvalue weighted by Gasteiger charge is -2.15. The van der Waals surface area contributed by atoms with Crippen LogP contribution >= 0.6 is 11.6 Å². The molecule has 0 radical (unpaired) electrons. The summed E-state index contributed by atoms with van der Waals surface area (Å²) in [5.74, 6) is -0.182. The lowest BCUT2D eigenvalue weighted by Crippen LogP contribution is -2.28. The summed E-state index contributed by atoms with van der Waals surface area (Å²) in [6.45, 7) is 2.56. The van der Waals surface area contributed by atoms with Crippen molar-refractivity contribution in [2.75, 3.05) is 20.3 Å². The number of nitrogens with two attached hydrogens (primary N) is 1. The van der Waals surface area contributed by atoms with Gasteiger partial charge in [-0.1, -0.05) is 41.4 Å². The van der Waals surface area contributed by atoms with E-state index in [1.807, 2.05) is 31.2 Å². The van der Waals surface area contributed by atoms with Crippen molar-refractivity contribution in [2.45, 2.75) is 23.0 Å². The quantitative estimate of drug-likeness (QED) is 0.836. The van der Waals surface area contributed by atoms with Gasteiger partial charge < -0.3 is 10.5 Å². The van der Waals surface area contributed by atoms with Crippen LogP contribution < -0.4 is 5.73 Å². The Bertz CT molecular complexity index is 849. The van der Waals surface area contributed by atoms with Gasteiger partial charge in [0, 0.05) is 30.0 Å². The maximum absolute atomic E-state index is 13.3. The van der Waals surface area contributed by atoms with Crippen LogP contribution in [-0.4, -0.2) is 33.9 Å². The molecule has 1 saturated carbocycles. The summed E-state index contributed by atoms with van der Waals surface area (Å²) < 4.78 is 31.9. The number of ether oxygens (including phenoxy) is 1. The zero-order chi connectivity index (χ0) is 18.2. The standard InChI is InChI=1S/C19H22ClNO3S/c1-13-3-5-14(6-4-13)17-18(19(17,11-21)12-24-2)25(22,23)16-9-7-15(20)8-10-16/h3-10,17-18H,11-12,21H2,1-2H3. The molecule has 2 aromatic rings. The minimum Gasteiger partial charge on any atom is -0.384 e. The van der Waals surface area contributed by atoms with Crippen molar-refractivity contribution >= 4 is 21.4 Å². The molecule has 134 valence electrons. The predicted molar refractivity (Wildman–Crippen MR) is 99.7 cm³/mol. The zero-order valence-electron chi connectivity index (χ0n) is 14.3. The molecule has 3 rings (SSSR count). The van der Waals surface area contributed by atoms with Gasteiger partial charge in [0.05, 0.1) is 16.8 Å². The van der Waals surface area contributed by atoms with Crippen molar-refractivity contribution in [2.24, 2.45) is 11.1 Å². The number of aryl methyl sites for hydroxylation is 1. The maximum Gasteiger partial charge on any atom is 0.182 e. The van der Waals surface area contributed by atoms with Gasteiger partial charge >= 0.3 is 0 Å². The van der Waals surface area contributed by atoms with Crippen molar-refractivity contribution in [3.8, 4) is 0 Å². The van der Waals surface area contributed by atoms with Crippen molar-refractivity contribution in [3.63, 3.8) is 0 Å². The number of hydrogen-bond donors (Lipinski definition) is 1. The molecule has 3 unspecified atom stereocenters. The third kappa shape index (κ3) is 3.10. The zero-order valence-corrected chi connectivity index (χ0v) is 15.8. The van der Waals surface area contributed by atoms with Gasteiger partial charge in [-0.05, 0) is 36.8 Å². The molecule has 2 aromatic carbocycles. The Labute approximate surface area is 153 Å². The largest absolute Gasteiger partial charge is 0.384 e. The number of halogens is 1. The summed E-state index contributed by atoms with van der Waals surface area (Å²) in [5, 5.41) is -0.0966. The minimum absolute atomic E-state index is 0.182. The van der Waals surface area contributed by atoms with Crippen molar-refractivity contribution < 1.29 is 13.2 Å². The molecule has 1 aliphatic rings. The van der Waals surface area contributed by atoms with E-state index in [1.54, 1.807) is 31.4 Å². The smallest absolute Gasteiger partial charge is 0.182 e. The summed E-state index contributed by atoms with van der Waals surface area (Å²) in [4.78, 5) is 0.269. The van der Waals surface area contributed by atoms with Gasteiger partial charge in [-0.2, -0.15) is 0 Å². The SMILES string of the molecule is COCC1(CN)C(c2ccc(C)cc2)C1S(=O)(=O)c1ccc(Cl)cc1. The Balaban J connectivity index is 2.05. The summed E-state index contributed by atoms with van der Waals surface area (Å²) >= 11 is 5.89. The van der Waals surface area contributed by atoms with Crippen LogP contribution in [0.15, 0.2) is 53.4 Å². The Morgan fingerprint density at radius 3 is 2.24 bits per heavy atom. The lowest BCUT2D eigenvalue weighted by molar-refractivity contribution is 0.142. The number of sulfone groups is 1.